The van der Waals surface area contributed by atoms with Gasteiger partial charge in [0, 0.05) is 24.7 Å². The first kappa shape index (κ1) is 11.1. The van der Waals surface area contributed by atoms with Crippen LogP contribution in [0.1, 0.15) is 26.2 Å². The maximum Gasteiger partial charge on any atom is 0.0620 e. The van der Waals surface area contributed by atoms with Gasteiger partial charge in [-0.15, -0.1) is 0 Å². The van der Waals surface area contributed by atoms with E-state index < -0.39 is 0 Å². The van der Waals surface area contributed by atoms with Crippen molar-refractivity contribution in [3.05, 3.63) is 12.2 Å². The van der Waals surface area contributed by atoms with Gasteiger partial charge in [-0.05, 0) is 26.2 Å². The van der Waals surface area contributed by atoms with Crippen molar-refractivity contribution in [1.82, 2.24) is 10.6 Å². The molecule has 3 nitrogen and oxygen atoms in total. The molecule has 0 aromatic rings. The van der Waals surface area contributed by atoms with Crippen molar-refractivity contribution in [2.24, 2.45) is 0 Å². The van der Waals surface area contributed by atoms with Crippen molar-refractivity contribution in [2.45, 2.75) is 44.3 Å². The molecule has 2 aliphatic rings. The predicted molar refractivity (Wildman–Crippen MR) is 62.0 cm³/mol. The van der Waals surface area contributed by atoms with Crippen LogP contribution in [0.25, 0.3) is 0 Å². The average Bonchev–Trinajstić information content (AvgIpc) is 2.71. The molecule has 2 rings (SSSR count). The lowest BCUT2D eigenvalue weighted by Gasteiger charge is -2.28. The molecule has 0 aromatic carbocycles. The van der Waals surface area contributed by atoms with Crippen LogP contribution in [0.15, 0.2) is 12.2 Å². The van der Waals surface area contributed by atoms with Gasteiger partial charge in [0.2, 0.25) is 0 Å². The zero-order chi connectivity index (χ0) is 10.5. The topological polar surface area (TPSA) is 33.3 Å². The van der Waals surface area contributed by atoms with E-state index in [-0.39, 0.29) is 0 Å². The Morgan fingerprint density at radius 1 is 1.47 bits per heavy atom. The van der Waals surface area contributed by atoms with Crippen molar-refractivity contribution in [2.75, 3.05) is 19.8 Å². The molecule has 1 aliphatic heterocycles. The predicted octanol–water partition coefficient (Wildman–Crippen LogP) is 1.06. The molecule has 1 aliphatic carbocycles. The van der Waals surface area contributed by atoms with Crippen molar-refractivity contribution in [3.63, 3.8) is 0 Å². The van der Waals surface area contributed by atoms with Gasteiger partial charge in [0.1, 0.15) is 0 Å². The summed E-state index contributed by atoms with van der Waals surface area (Å²) < 4.78 is 5.45. The molecule has 2 N–H and O–H groups in total. The molecule has 1 heterocycles. The zero-order valence-electron chi connectivity index (χ0n) is 9.54. The van der Waals surface area contributed by atoms with Crippen LogP contribution < -0.4 is 10.6 Å². The lowest BCUT2D eigenvalue weighted by molar-refractivity contribution is 0.0708. The van der Waals surface area contributed by atoms with E-state index in [4.69, 9.17) is 4.74 Å². The summed E-state index contributed by atoms with van der Waals surface area (Å²) in [6.45, 7) is 5.01. The summed E-state index contributed by atoms with van der Waals surface area (Å²) in [6, 6.07) is 1.79. The highest BCUT2D eigenvalue weighted by Gasteiger charge is 2.18. The second kappa shape index (κ2) is 5.64. The summed E-state index contributed by atoms with van der Waals surface area (Å²) in [5.74, 6) is 0. The quantitative estimate of drug-likeness (QED) is 0.681. The van der Waals surface area contributed by atoms with E-state index in [2.05, 4.69) is 29.7 Å². The van der Waals surface area contributed by atoms with E-state index in [1.807, 2.05) is 0 Å². The summed E-state index contributed by atoms with van der Waals surface area (Å²) in [5, 5.41) is 7.16. The molecule has 0 bridgehead atoms. The fourth-order valence-corrected chi connectivity index (χ4v) is 2.42. The molecule has 2 unspecified atom stereocenters. The molecular weight excluding hydrogens is 188 g/mol. The number of nitrogens with one attached hydrogen (secondary N) is 2. The first-order valence-electron chi connectivity index (χ1n) is 6.07. The SMILES string of the molecule is CC(CC1COCCN1)NC1CC=CC1. The molecular formula is C12H22N2O. The number of hydrogen-bond donors (Lipinski definition) is 2. The minimum atomic E-state index is 0.538. The van der Waals surface area contributed by atoms with Gasteiger partial charge in [-0.2, -0.15) is 0 Å². The van der Waals surface area contributed by atoms with Crippen molar-refractivity contribution < 1.29 is 4.74 Å². The summed E-state index contributed by atoms with van der Waals surface area (Å²) in [4.78, 5) is 0. The van der Waals surface area contributed by atoms with Gasteiger partial charge < -0.3 is 15.4 Å². The van der Waals surface area contributed by atoms with Gasteiger partial charge in [-0.25, -0.2) is 0 Å². The third kappa shape index (κ3) is 3.59. The minimum absolute atomic E-state index is 0.538. The summed E-state index contributed by atoms with van der Waals surface area (Å²) in [7, 11) is 0. The Labute approximate surface area is 92.3 Å². The Hall–Kier alpha value is -0.380. The van der Waals surface area contributed by atoms with Gasteiger partial charge in [0.05, 0.1) is 13.2 Å². The van der Waals surface area contributed by atoms with Crippen LogP contribution in [0.5, 0.6) is 0 Å². The van der Waals surface area contributed by atoms with Crippen LogP contribution in [0, 0.1) is 0 Å². The first-order chi connectivity index (χ1) is 7.34. The maximum atomic E-state index is 5.45. The number of hydrogen-bond acceptors (Lipinski definition) is 3. The molecule has 1 fully saturated rings. The molecule has 0 radical (unpaired) electrons. The molecule has 15 heavy (non-hydrogen) atoms. The van der Waals surface area contributed by atoms with Crippen molar-refractivity contribution in [1.29, 1.82) is 0 Å². The largest absolute Gasteiger partial charge is 0.379 e. The fraction of sp³-hybridized carbons (Fsp3) is 0.833. The van der Waals surface area contributed by atoms with Crippen LogP contribution in [0.4, 0.5) is 0 Å². The number of morpholine rings is 1. The Bertz CT molecular complexity index is 204. The van der Waals surface area contributed by atoms with Gasteiger partial charge in [-0.1, -0.05) is 12.2 Å². The fourth-order valence-electron chi connectivity index (χ4n) is 2.42. The van der Waals surface area contributed by atoms with E-state index in [1.165, 1.54) is 12.8 Å². The maximum absolute atomic E-state index is 5.45. The minimum Gasteiger partial charge on any atom is -0.379 e. The molecule has 2 atom stereocenters. The molecule has 3 heteroatoms. The summed E-state index contributed by atoms with van der Waals surface area (Å²) in [6.07, 6.45) is 8.09. The number of ether oxygens (including phenoxy) is 1. The standard InChI is InChI=1S/C12H22N2O/c1-10(14-11-4-2-3-5-11)8-12-9-15-7-6-13-12/h2-3,10-14H,4-9H2,1H3. The molecule has 1 saturated heterocycles. The summed E-state index contributed by atoms with van der Waals surface area (Å²) >= 11 is 0. The lowest BCUT2D eigenvalue weighted by atomic mass is 10.1. The van der Waals surface area contributed by atoms with Crippen LogP contribution in [0.2, 0.25) is 0 Å². The van der Waals surface area contributed by atoms with Gasteiger partial charge in [-0.3, -0.25) is 0 Å². The Balaban J connectivity index is 1.64. The summed E-state index contributed by atoms with van der Waals surface area (Å²) in [5.41, 5.74) is 0. The Morgan fingerprint density at radius 2 is 2.27 bits per heavy atom. The Kier molecular flexibility index (Phi) is 4.18. The van der Waals surface area contributed by atoms with Crippen molar-refractivity contribution in [3.8, 4) is 0 Å². The monoisotopic (exact) mass is 210 g/mol. The third-order valence-corrected chi connectivity index (χ3v) is 3.16. The highest BCUT2D eigenvalue weighted by Crippen LogP contribution is 2.11. The van der Waals surface area contributed by atoms with E-state index in [9.17, 15) is 0 Å². The van der Waals surface area contributed by atoms with Gasteiger partial charge in [0.15, 0.2) is 0 Å². The Morgan fingerprint density at radius 3 is 2.93 bits per heavy atom. The van der Waals surface area contributed by atoms with Crippen LogP contribution in [-0.2, 0) is 4.74 Å². The lowest BCUT2D eigenvalue weighted by Crippen LogP contribution is -2.46. The smallest absolute Gasteiger partial charge is 0.0620 e. The van der Waals surface area contributed by atoms with E-state index in [1.54, 1.807) is 0 Å². The van der Waals surface area contributed by atoms with E-state index in [0.29, 0.717) is 18.1 Å². The zero-order valence-corrected chi connectivity index (χ0v) is 9.54. The molecule has 0 aromatic heterocycles. The number of rotatable bonds is 4. The highest BCUT2D eigenvalue weighted by atomic mass is 16.5. The normalized spacial score (nSPS) is 29.5. The highest BCUT2D eigenvalue weighted by molar-refractivity contribution is 4.98. The molecule has 0 saturated carbocycles. The van der Waals surface area contributed by atoms with E-state index in [0.717, 1.165) is 26.2 Å². The van der Waals surface area contributed by atoms with E-state index >= 15 is 0 Å². The van der Waals surface area contributed by atoms with Gasteiger partial charge in [0.25, 0.3) is 0 Å². The van der Waals surface area contributed by atoms with Gasteiger partial charge >= 0.3 is 0 Å². The van der Waals surface area contributed by atoms with Crippen LogP contribution >= 0.6 is 0 Å². The van der Waals surface area contributed by atoms with Crippen LogP contribution in [-0.4, -0.2) is 37.9 Å². The van der Waals surface area contributed by atoms with Crippen molar-refractivity contribution >= 4 is 0 Å². The first-order valence-corrected chi connectivity index (χ1v) is 6.07. The second-order valence-corrected chi connectivity index (χ2v) is 4.67. The second-order valence-electron chi connectivity index (χ2n) is 4.67. The molecule has 86 valence electrons. The molecule has 0 amide bonds. The molecule has 0 spiro atoms. The average molecular weight is 210 g/mol. The third-order valence-electron chi connectivity index (χ3n) is 3.16. The van der Waals surface area contributed by atoms with Crippen LogP contribution in [0.3, 0.4) is 0 Å².